The van der Waals surface area contributed by atoms with Crippen LogP contribution in [0.15, 0.2) is 5.16 Å². The molecule has 20 heavy (non-hydrogen) atoms. The molecule has 1 saturated heterocycles. The largest absolute Gasteiger partial charge is 0.353 e. The molecule has 0 aromatic carbocycles. The number of hydrogen-bond donors (Lipinski definition) is 1. The van der Waals surface area contributed by atoms with Crippen LogP contribution in [0.4, 0.5) is 5.82 Å². The van der Waals surface area contributed by atoms with E-state index in [1.807, 2.05) is 11.3 Å². The van der Waals surface area contributed by atoms with Gasteiger partial charge in [0.05, 0.1) is 5.39 Å². The summed E-state index contributed by atoms with van der Waals surface area (Å²) in [7, 11) is 0. The van der Waals surface area contributed by atoms with E-state index in [9.17, 15) is 0 Å². The number of hydrogen-bond acceptors (Lipinski definition) is 6. The van der Waals surface area contributed by atoms with Crippen LogP contribution in [0.5, 0.6) is 0 Å². The quantitative estimate of drug-likeness (QED) is 0.681. The molecular formula is C14H18N4S2. The van der Waals surface area contributed by atoms with Gasteiger partial charge in [-0.05, 0) is 31.1 Å². The molecule has 4 rings (SSSR count). The summed E-state index contributed by atoms with van der Waals surface area (Å²) in [4.78, 5) is 14.8. The molecule has 0 amide bonds. The highest BCUT2D eigenvalue weighted by Crippen LogP contribution is 2.41. The molecule has 1 fully saturated rings. The van der Waals surface area contributed by atoms with E-state index in [1.54, 1.807) is 16.6 Å². The van der Waals surface area contributed by atoms with Crippen molar-refractivity contribution in [3.8, 4) is 0 Å². The lowest BCUT2D eigenvalue weighted by atomic mass is 10.1. The first kappa shape index (κ1) is 12.9. The average Bonchev–Trinajstić information content (AvgIpc) is 3.07. The highest BCUT2D eigenvalue weighted by Gasteiger charge is 2.25. The summed E-state index contributed by atoms with van der Waals surface area (Å²) in [5.41, 5.74) is 1.53. The van der Waals surface area contributed by atoms with Crippen LogP contribution in [0.3, 0.4) is 0 Å². The van der Waals surface area contributed by atoms with Gasteiger partial charge in [0.1, 0.15) is 10.6 Å². The Morgan fingerprint density at radius 2 is 2.05 bits per heavy atom. The molecule has 4 nitrogen and oxygen atoms in total. The molecule has 0 atom stereocenters. The van der Waals surface area contributed by atoms with Gasteiger partial charge in [-0.3, -0.25) is 0 Å². The molecule has 0 bridgehead atoms. The van der Waals surface area contributed by atoms with Crippen LogP contribution in [0.2, 0.25) is 0 Å². The standard InChI is InChI=1S/C14H18N4S2/c1-19-14-16-12(18-7-5-15-6-8-18)11-9-3-2-4-10(9)20-13(11)17-14/h15H,2-8H2,1H3. The maximum Gasteiger partial charge on any atom is 0.190 e. The molecule has 2 aromatic heterocycles. The van der Waals surface area contributed by atoms with Crippen molar-refractivity contribution in [1.82, 2.24) is 15.3 Å². The maximum absolute atomic E-state index is 4.85. The number of fused-ring (bicyclic) bond motifs is 3. The minimum Gasteiger partial charge on any atom is -0.353 e. The van der Waals surface area contributed by atoms with Gasteiger partial charge in [0.25, 0.3) is 0 Å². The molecule has 2 aromatic rings. The highest BCUT2D eigenvalue weighted by molar-refractivity contribution is 7.98. The van der Waals surface area contributed by atoms with Gasteiger partial charge in [-0.2, -0.15) is 0 Å². The van der Waals surface area contributed by atoms with Crippen LogP contribution in [0, 0.1) is 0 Å². The van der Waals surface area contributed by atoms with Crippen molar-refractivity contribution in [3.05, 3.63) is 10.4 Å². The lowest BCUT2D eigenvalue weighted by Gasteiger charge is -2.29. The molecule has 0 spiro atoms. The summed E-state index contributed by atoms with van der Waals surface area (Å²) in [5.74, 6) is 1.18. The number of anilines is 1. The van der Waals surface area contributed by atoms with Gasteiger partial charge in [0, 0.05) is 31.1 Å². The van der Waals surface area contributed by atoms with Crippen molar-refractivity contribution < 1.29 is 0 Å². The number of aryl methyl sites for hydroxylation is 2. The second kappa shape index (κ2) is 5.16. The van der Waals surface area contributed by atoms with Crippen LogP contribution >= 0.6 is 23.1 Å². The Kier molecular flexibility index (Phi) is 3.32. The molecule has 1 aliphatic heterocycles. The fourth-order valence-electron chi connectivity index (χ4n) is 3.15. The first-order valence-corrected chi connectivity index (χ1v) is 9.23. The Bertz CT molecular complexity index is 646. The van der Waals surface area contributed by atoms with E-state index in [2.05, 4.69) is 16.5 Å². The number of thiophene rings is 1. The Morgan fingerprint density at radius 3 is 2.85 bits per heavy atom. The Hall–Kier alpha value is -0.850. The monoisotopic (exact) mass is 306 g/mol. The van der Waals surface area contributed by atoms with E-state index in [1.165, 1.54) is 40.9 Å². The Labute approximate surface area is 127 Å². The third kappa shape index (κ3) is 2.01. The molecule has 1 aliphatic carbocycles. The topological polar surface area (TPSA) is 41.1 Å². The van der Waals surface area contributed by atoms with Crippen LogP contribution in [0.25, 0.3) is 10.2 Å². The SMILES string of the molecule is CSc1nc(N2CCNCC2)c2c3c(sc2n1)CCC3. The third-order valence-electron chi connectivity index (χ3n) is 4.12. The van der Waals surface area contributed by atoms with Crippen LogP contribution < -0.4 is 10.2 Å². The predicted octanol–water partition coefficient (Wildman–Crippen LogP) is 2.31. The second-order valence-corrected chi connectivity index (χ2v) is 7.17. The average molecular weight is 306 g/mol. The first-order chi connectivity index (χ1) is 9.86. The van der Waals surface area contributed by atoms with Crippen LogP contribution in [-0.4, -0.2) is 42.4 Å². The fourth-order valence-corrected chi connectivity index (χ4v) is 4.83. The maximum atomic E-state index is 4.85. The molecule has 6 heteroatoms. The third-order valence-corrected chi connectivity index (χ3v) is 5.86. The summed E-state index contributed by atoms with van der Waals surface area (Å²) in [5, 5.41) is 5.68. The van der Waals surface area contributed by atoms with Crippen LogP contribution in [-0.2, 0) is 12.8 Å². The molecule has 1 N–H and O–H groups in total. The number of aromatic nitrogens is 2. The number of rotatable bonds is 2. The molecule has 0 unspecified atom stereocenters. The van der Waals surface area contributed by atoms with Crippen molar-refractivity contribution in [2.75, 3.05) is 37.3 Å². The van der Waals surface area contributed by atoms with E-state index in [0.717, 1.165) is 31.3 Å². The summed E-state index contributed by atoms with van der Waals surface area (Å²) in [6, 6.07) is 0. The van der Waals surface area contributed by atoms with E-state index in [4.69, 9.17) is 9.97 Å². The summed E-state index contributed by atoms with van der Waals surface area (Å²) < 4.78 is 0. The zero-order valence-corrected chi connectivity index (χ0v) is 13.2. The Morgan fingerprint density at radius 1 is 1.20 bits per heavy atom. The number of piperazine rings is 1. The van der Waals surface area contributed by atoms with Crippen molar-refractivity contribution in [2.45, 2.75) is 24.4 Å². The summed E-state index contributed by atoms with van der Waals surface area (Å²) in [6.45, 7) is 4.19. The van der Waals surface area contributed by atoms with E-state index >= 15 is 0 Å². The van der Waals surface area contributed by atoms with Crippen molar-refractivity contribution >= 4 is 39.1 Å². The van der Waals surface area contributed by atoms with Gasteiger partial charge in [-0.1, -0.05) is 11.8 Å². The molecule has 106 valence electrons. The minimum absolute atomic E-state index is 0.908. The highest BCUT2D eigenvalue weighted by atomic mass is 32.2. The van der Waals surface area contributed by atoms with Crippen molar-refractivity contribution in [1.29, 1.82) is 0 Å². The molecule has 3 heterocycles. The second-order valence-electron chi connectivity index (χ2n) is 5.31. The summed E-state index contributed by atoms with van der Waals surface area (Å²) >= 11 is 3.53. The first-order valence-electron chi connectivity index (χ1n) is 7.19. The Balaban J connectivity index is 1.91. The number of thioether (sulfide) groups is 1. The van der Waals surface area contributed by atoms with Gasteiger partial charge in [-0.25, -0.2) is 9.97 Å². The smallest absolute Gasteiger partial charge is 0.190 e. The van der Waals surface area contributed by atoms with E-state index < -0.39 is 0 Å². The van der Waals surface area contributed by atoms with Gasteiger partial charge in [0.2, 0.25) is 0 Å². The zero-order valence-electron chi connectivity index (χ0n) is 11.6. The zero-order chi connectivity index (χ0) is 13.5. The van der Waals surface area contributed by atoms with Gasteiger partial charge in [0.15, 0.2) is 5.16 Å². The number of nitrogens with zero attached hydrogens (tertiary/aromatic N) is 3. The normalized spacial score (nSPS) is 18.8. The predicted molar refractivity (Wildman–Crippen MR) is 86.3 cm³/mol. The van der Waals surface area contributed by atoms with Gasteiger partial charge >= 0.3 is 0 Å². The summed E-state index contributed by atoms with van der Waals surface area (Å²) in [6.07, 6.45) is 5.79. The molecule has 2 aliphatic rings. The van der Waals surface area contributed by atoms with Crippen molar-refractivity contribution in [2.24, 2.45) is 0 Å². The molecular weight excluding hydrogens is 288 g/mol. The molecule has 0 radical (unpaired) electrons. The minimum atomic E-state index is 0.908. The van der Waals surface area contributed by atoms with Gasteiger partial charge < -0.3 is 10.2 Å². The lowest BCUT2D eigenvalue weighted by molar-refractivity contribution is 0.584. The van der Waals surface area contributed by atoms with Gasteiger partial charge in [-0.15, -0.1) is 11.3 Å². The van der Waals surface area contributed by atoms with E-state index in [0.29, 0.717) is 0 Å². The fraction of sp³-hybridized carbons (Fsp3) is 0.571. The van der Waals surface area contributed by atoms with Crippen molar-refractivity contribution in [3.63, 3.8) is 0 Å². The number of nitrogens with one attached hydrogen (secondary N) is 1. The van der Waals surface area contributed by atoms with E-state index in [-0.39, 0.29) is 0 Å². The molecule has 0 saturated carbocycles. The lowest BCUT2D eigenvalue weighted by Crippen LogP contribution is -2.44. The van der Waals surface area contributed by atoms with Crippen LogP contribution in [0.1, 0.15) is 16.9 Å².